The molecule has 18 heavy (non-hydrogen) atoms. The summed E-state index contributed by atoms with van der Waals surface area (Å²) in [5, 5.41) is 6.45. The predicted molar refractivity (Wildman–Crippen MR) is 71.7 cm³/mol. The maximum atomic E-state index is 13.0. The van der Waals surface area contributed by atoms with Crippen LogP contribution in [0.15, 0.2) is 16.6 Å². The van der Waals surface area contributed by atoms with Gasteiger partial charge in [0.15, 0.2) is 0 Å². The molecule has 8 heteroatoms. The Kier molecular flexibility index (Phi) is 3.94. The maximum absolute atomic E-state index is 13.0. The van der Waals surface area contributed by atoms with Gasteiger partial charge >= 0.3 is 0 Å². The second-order valence-corrected chi connectivity index (χ2v) is 5.40. The normalized spacial score (nSPS) is 10.4. The highest BCUT2D eigenvalue weighted by Gasteiger charge is 2.16. The Morgan fingerprint density at radius 2 is 2.28 bits per heavy atom. The van der Waals surface area contributed by atoms with Crippen LogP contribution in [0.2, 0.25) is 5.02 Å². The van der Waals surface area contributed by atoms with Crippen molar-refractivity contribution in [2.45, 2.75) is 6.92 Å². The number of halogens is 3. The van der Waals surface area contributed by atoms with Gasteiger partial charge in [-0.3, -0.25) is 4.79 Å². The highest BCUT2D eigenvalue weighted by molar-refractivity contribution is 9.10. The van der Waals surface area contributed by atoms with Gasteiger partial charge in [-0.15, -0.1) is 5.10 Å². The highest BCUT2D eigenvalue weighted by Crippen LogP contribution is 2.32. The first-order valence-electron chi connectivity index (χ1n) is 4.74. The first-order chi connectivity index (χ1) is 8.49. The number of carbonyl (C=O) groups excluding carboxylic acids is 1. The molecule has 0 spiro atoms. The van der Waals surface area contributed by atoms with Crippen molar-refractivity contribution in [3.63, 3.8) is 0 Å². The molecule has 0 aliphatic carbocycles. The number of rotatable bonds is 2. The number of amides is 1. The van der Waals surface area contributed by atoms with Crippen LogP contribution in [0.4, 0.5) is 10.1 Å². The number of aryl methyl sites for hydroxylation is 1. The molecule has 0 aliphatic heterocycles. The molecular weight excluding hydrogens is 345 g/mol. The van der Waals surface area contributed by atoms with E-state index in [-0.39, 0.29) is 10.9 Å². The minimum atomic E-state index is -0.486. The molecule has 0 radical (unpaired) electrons. The van der Waals surface area contributed by atoms with E-state index in [0.29, 0.717) is 20.7 Å². The Morgan fingerprint density at radius 3 is 2.83 bits per heavy atom. The second-order valence-electron chi connectivity index (χ2n) is 3.39. The third kappa shape index (κ3) is 2.68. The highest BCUT2D eigenvalue weighted by atomic mass is 79.9. The molecule has 1 aromatic carbocycles. The molecule has 1 heterocycles. The zero-order valence-corrected chi connectivity index (χ0v) is 12.2. The smallest absolute Gasteiger partial charge is 0.269 e. The standard InChI is InChI=1S/C10H6BrClFN3OS/c1-4-9(18-16-15-4)10(17)14-8-6(11)2-5(13)3-7(8)12/h2-3H,1H3,(H,14,17). The van der Waals surface area contributed by atoms with Crippen LogP contribution in [-0.2, 0) is 0 Å². The summed E-state index contributed by atoms with van der Waals surface area (Å²) in [7, 11) is 0. The summed E-state index contributed by atoms with van der Waals surface area (Å²) in [6.45, 7) is 1.68. The minimum Gasteiger partial charge on any atom is -0.319 e. The first-order valence-corrected chi connectivity index (χ1v) is 6.68. The van der Waals surface area contributed by atoms with E-state index >= 15 is 0 Å². The fourth-order valence-electron chi connectivity index (χ4n) is 1.27. The molecule has 0 saturated carbocycles. The van der Waals surface area contributed by atoms with Crippen molar-refractivity contribution >= 4 is 50.7 Å². The van der Waals surface area contributed by atoms with Gasteiger partial charge in [-0.2, -0.15) is 0 Å². The maximum Gasteiger partial charge on any atom is 0.269 e. The van der Waals surface area contributed by atoms with Gasteiger partial charge in [0, 0.05) is 4.47 Å². The summed E-state index contributed by atoms with van der Waals surface area (Å²) in [5.74, 6) is -0.864. The topological polar surface area (TPSA) is 54.9 Å². The van der Waals surface area contributed by atoms with Crippen LogP contribution in [0.25, 0.3) is 0 Å². The van der Waals surface area contributed by atoms with Gasteiger partial charge < -0.3 is 5.32 Å². The molecule has 4 nitrogen and oxygen atoms in total. The van der Waals surface area contributed by atoms with Crippen LogP contribution >= 0.6 is 39.1 Å². The number of hydrogen-bond acceptors (Lipinski definition) is 4. The van der Waals surface area contributed by atoms with Crippen molar-refractivity contribution in [1.82, 2.24) is 9.59 Å². The van der Waals surface area contributed by atoms with E-state index in [1.165, 1.54) is 6.07 Å². The summed E-state index contributed by atoms with van der Waals surface area (Å²) in [6.07, 6.45) is 0. The number of anilines is 1. The number of carbonyl (C=O) groups is 1. The summed E-state index contributed by atoms with van der Waals surface area (Å²) < 4.78 is 17.1. The summed E-state index contributed by atoms with van der Waals surface area (Å²) in [4.78, 5) is 12.3. The Labute approximate surface area is 119 Å². The van der Waals surface area contributed by atoms with Crippen LogP contribution in [0.3, 0.4) is 0 Å². The van der Waals surface area contributed by atoms with Gasteiger partial charge in [-0.25, -0.2) is 4.39 Å². The van der Waals surface area contributed by atoms with Gasteiger partial charge in [-0.1, -0.05) is 16.1 Å². The minimum absolute atomic E-state index is 0.116. The van der Waals surface area contributed by atoms with Gasteiger partial charge in [-0.05, 0) is 46.5 Å². The molecule has 1 aromatic heterocycles. The summed E-state index contributed by atoms with van der Waals surface area (Å²) >= 11 is 9.99. The second kappa shape index (κ2) is 5.29. The largest absolute Gasteiger partial charge is 0.319 e. The SMILES string of the molecule is Cc1nnsc1C(=O)Nc1c(Cl)cc(F)cc1Br. The zero-order valence-electron chi connectivity index (χ0n) is 9.00. The third-order valence-electron chi connectivity index (χ3n) is 2.10. The summed E-state index contributed by atoms with van der Waals surface area (Å²) in [5.41, 5.74) is 0.850. The number of aromatic nitrogens is 2. The molecule has 0 unspecified atom stereocenters. The molecule has 0 atom stereocenters. The Balaban J connectivity index is 2.31. The van der Waals surface area contributed by atoms with Crippen molar-refractivity contribution in [3.8, 4) is 0 Å². The summed E-state index contributed by atoms with van der Waals surface area (Å²) in [6, 6.07) is 2.35. The fraction of sp³-hybridized carbons (Fsp3) is 0.100. The monoisotopic (exact) mass is 349 g/mol. The molecule has 2 aromatic rings. The van der Waals surface area contributed by atoms with Crippen molar-refractivity contribution in [3.05, 3.63) is 38.0 Å². The molecular formula is C10H6BrClFN3OS. The average Bonchev–Trinajstić information content (AvgIpc) is 2.69. The van der Waals surface area contributed by atoms with Gasteiger partial charge in [0.25, 0.3) is 5.91 Å². The van der Waals surface area contributed by atoms with E-state index in [4.69, 9.17) is 11.6 Å². The van der Waals surface area contributed by atoms with Crippen molar-refractivity contribution < 1.29 is 9.18 Å². The van der Waals surface area contributed by atoms with Crippen LogP contribution < -0.4 is 5.32 Å². The molecule has 2 rings (SSSR count). The average molecular weight is 351 g/mol. The van der Waals surface area contributed by atoms with Crippen LogP contribution in [-0.4, -0.2) is 15.5 Å². The lowest BCUT2D eigenvalue weighted by molar-refractivity contribution is 0.102. The quantitative estimate of drug-likeness (QED) is 0.899. The molecule has 1 N–H and O–H groups in total. The molecule has 0 saturated heterocycles. The predicted octanol–water partition coefficient (Wildman–Crippen LogP) is 3.65. The van der Waals surface area contributed by atoms with Gasteiger partial charge in [0.05, 0.1) is 16.4 Å². The van der Waals surface area contributed by atoms with Crippen molar-refractivity contribution in [2.75, 3.05) is 5.32 Å². The molecule has 1 amide bonds. The van der Waals surface area contributed by atoms with E-state index in [2.05, 4.69) is 30.8 Å². The fourth-order valence-corrected chi connectivity index (χ4v) is 2.72. The molecule has 0 bridgehead atoms. The van der Waals surface area contributed by atoms with Crippen LogP contribution in [0.1, 0.15) is 15.4 Å². The molecule has 0 aliphatic rings. The lowest BCUT2D eigenvalue weighted by Gasteiger charge is -2.08. The Bertz CT molecular complexity index is 596. The lowest BCUT2D eigenvalue weighted by atomic mass is 10.3. The van der Waals surface area contributed by atoms with E-state index in [1.54, 1.807) is 6.92 Å². The van der Waals surface area contributed by atoms with Crippen molar-refractivity contribution in [2.24, 2.45) is 0 Å². The van der Waals surface area contributed by atoms with Crippen molar-refractivity contribution in [1.29, 1.82) is 0 Å². The van der Waals surface area contributed by atoms with E-state index in [1.807, 2.05) is 0 Å². The van der Waals surface area contributed by atoms with Crippen LogP contribution in [0.5, 0.6) is 0 Å². The number of benzene rings is 1. The first kappa shape index (κ1) is 13.4. The Morgan fingerprint density at radius 1 is 1.56 bits per heavy atom. The van der Waals surface area contributed by atoms with E-state index in [0.717, 1.165) is 17.6 Å². The number of nitrogens with one attached hydrogen (secondary N) is 1. The number of hydrogen-bond donors (Lipinski definition) is 1. The third-order valence-corrected chi connectivity index (χ3v) is 3.85. The number of nitrogens with zero attached hydrogens (tertiary/aromatic N) is 2. The molecule has 94 valence electrons. The molecule has 0 fully saturated rings. The van der Waals surface area contributed by atoms with Crippen LogP contribution in [0, 0.1) is 12.7 Å². The Hall–Kier alpha value is -1.05. The van der Waals surface area contributed by atoms with Gasteiger partial charge in [0.1, 0.15) is 10.7 Å². The van der Waals surface area contributed by atoms with E-state index < -0.39 is 5.82 Å². The van der Waals surface area contributed by atoms with E-state index in [9.17, 15) is 9.18 Å². The van der Waals surface area contributed by atoms with Gasteiger partial charge in [0.2, 0.25) is 0 Å². The zero-order chi connectivity index (χ0) is 13.3. The lowest BCUT2D eigenvalue weighted by Crippen LogP contribution is -2.12.